The number of rotatable bonds is 2. The molecule has 0 spiro atoms. The zero-order valence-corrected chi connectivity index (χ0v) is 12.3. The predicted molar refractivity (Wildman–Crippen MR) is 78.8 cm³/mol. The second-order valence-corrected chi connectivity index (χ2v) is 6.11. The minimum Gasteiger partial charge on any atom is -0.385 e. The second-order valence-electron chi connectivity index (χ2n) is 5.19. The maximum atomic E-state index is 10.6. The molecule has 0 fully saturated rings. The van der Waals surface area contributed by atoms with Crippen LogP contribution in [0.15, 0.2) is 47.1 Å². The first-order valence-electron chi connectivity index (χ1n) is 6.42. The number of nitriles is 1. The van der Waals surface area contributed by atoms with Crippen LogP contribution in [0.25, 0.3) is 0 Å². The lowest BCUT2D eigenvalue weighted by Gasteiger charge is -2.26. The molecule has 3 nitrogen and oxygen atoms in total. The highest BCUT2D eigenvalue weighted by Crippen LogP contribution is 2.45. The normalized spacial score (nSPS) is 17.2. The molecule has 0 saturated heterocycles. The van der Waals surface area contributed by atoms with E-state index in [9.17, 15) is 10.4 Å². The van der Waals surface area contributed by atoms with Crippen LogP contribution in [-0.4, -0.2) is 10.1 Å². The molecule has 1 aliphatic carbocycles. The van der Waals surface area contributed by atoms with Crippen molar-refractivity contribution < 1.29 is 5.11 Å². The first-order chi connectivity index (χ1) is 9.64. The number of halogens is 1. The van der Waals surface area contributed by atoms with Gasteiger partial charge in [-0.2, -0.15) is 5.26 Å². The van der Waals surface area contributed by atoms with E-state index in [1.54, 1.807) is 12.3 Å². The molecule has 1 unspecified atom stereocenters. The Morgan fingerprint density at radius 3 is 2.35 bits per heavy atom. The number of pyridine rings is 1. The molecular formula is C16H13BrN2O. The molecule has 0 bridgehead atoms. The van der Waals surface area contributed by atoms with Crippen LogP contribution in [-0.2, 0) is 12.8 Å². The molecule has 0 radical (unpaired) electrons. The summed E-state index contributed by atoms with van der Waals surface area (Å²) < 4.78 is 0.856. The Morgan fingerprint density at radius 2 is 1.85 bits per heavy atom. The zero-order chi connectivity index (χ0) is 14.2. The van der Waals surface area contributed by atoms with Crippen LogP contribution in [0.5, 0.6) is 0 Å². The summed E-state index contributed by atoms with van der Waals surface area (Å²) in [5.74, 6) is 0. The van der Waals surface area contributed by atoms with Crippen LogP contribution in [0.4, 0.5) is 0 Å². The zero-order valence-electron chi connectivity index (χ0n) is 10.8. The monoisotopic (exact) mass is 328 g/mol. The van der Waals surface area contributed by atoms with Gasteiger partial charge < -0.3 is 5.11 Å². The first kappa shape index (κ1) is 13.3. The highest BCUT2D eigenvalue weighted by Gasteiger charge is 2.44. The van der Waals surface area contributed by atoms with Crippen LogP contribution in [0.3, 0.4) is 0 Å². The van der Waals surface area contributed by atoms with Crippen molar-refractivity contribution in [1.29, 1.82) is 5.26 Å². The molecule has 4 heteroatoms. The molecular weight excluding hydrogens is 316 g/mol. The molecule has 0 amide bonds. The molecule has 0 aliphatic heterocycles. The summed E-state index contributed by atoms with van der Waals surface area (Å²) in [6.45, 7) is 0. The van der Waals surface area contributed by atoms with Crippen LogP contribution in [0.2, 0.25) is 0 Å². The summed E-state index contributed by atoms with van der Waals surface area (Å²) in [5, 5.41) is 20.3. The van der Waals surface area contributed by atoms with Gasteiger partial charge >= 0.3 is 0 Å². The maximum absolute atomic E-state index is 10.6. The number of hydrogen-bond donors (Lipinski definition) is 1. The molecule has 20 heavy (non-hydrogen) atoms. The average Bonchev–Trinajstić information content (AvgIpc) is 2.87. The van der Waals surface area contributed by atoms with Gasteiger partial charge in [0.1, 0.15) is 6.10 Å². The fourth-order valence-electron chi connectivity index (χ4n) is 2.81. The Morgan fingerprint density at radius 1 is 1.20 bits per heavy atom. The summed E-state index contributed by atoms with van der Waals surface area (Å²) in [6, 6.07) is 13.9. The van der Waals surface area contributed by atoms with Crippen molar-refractivity contribution in [2.45, 2.75) is 18.9 Å². The van der Waals surface area contributed by atoms with E-state index in [4.69, 9.17) is 0 Å². The van der Waals surface area contributed by atoms with E-state index < -0.39 is 11.5 Å². The smallest absolute Gasteiger partial charge is 0.115 e. The summed E-state index contributed by atoms with van der Waals surface area (Å²) in [5.41, 5.74) is 2.02. The number of fused-ring (bicyclic) bond motifs is 1. The molecule has 1 aliphatic rings. The quantitative estimate of drug-likeness (QED) is 0.921. The average molecular weight is 329 g/mol. The third-order valence-electron chi connectivity index (χ3n) is 3.91. The van der Waals surface area contributed by atoms with Crippen LogP contribution < -0.4 is 0 Å². The van der Waals surface area contributed by atoms with Crippen molar-refractivity contribution in [3.63, 3.8) is 0 Å². The Labute approximate surface area is 126 Å². The van der Waals surface area contributed by atoms with Gasteiger partial charge in [0.05, 0.1) is 17.2 Å². The summed E-state index contributed by atoms with van der Waals surface area (Å²) in [7, 11) is 0. The minimum absolute atomic E-state index is 0.544. The van der Waals surface area contributed by atoms with Gasteiger partial charge in [0.2, 0.25) is 0 Å². The molecule has 1 N–H and O–H groups in total. The van der Waals surface area contributed by atoms with Crippen LogP contribution in [0.1, 0.15) is 22.9 Å². The Kier molecular flexibility index (Phi) is 3.33. The van der Waals surface area contributed by atoms with E-state index in [0.717, 1.165) is 15.6 Å². The number of hydrogen-bond acceptors (Lipinski definition) is 3. The van der Waals surface area contributed by atoms with E-state index in [0.29, 0.717) is 18.5 Å². The first-order valence-corrected chi connectivity index (χ1v) is 7.21. The highest BCUT2D eigenvalue weighted by atomic mass is 79.9. The van der Waals surface area contributed by atoms with E-state index in [1.807, 2.05) is 30.3 Å². The Hall–Kier alpha value is -1.70. The lowest BCUT2D eigenvalue weighted by atomic mass is 9.79. The third kappa shape index (κ3) is 2.13. The lowest BCUT2D eigenvalue weighted by molar-refractivity contribution is 0.0655. The van der Waals surface area contributed by atoms with Crippen molar-refractivity contribution in [3.8, 4) is 6.07 Å². The largest absolute Gasteiger partial charge is 0.385 e. The van der Waals surface area contributed by atoms with E-state index in [1.165, 1.54) is 0 Å². The van der Waals surface area contributed by atoms with Gasteiger partial charge in [-0.25, -0.2) is 0 Å². The number of aliphatic hydroxyl groups is 1. The summed E-state index contributed by atoms with van der Waals surface area (Å²) in [6.07, 6.45) is 1.90. The molecule has 2 aromatic rings. The van der Waals surface area contributed by atoms with Gasteiger partial charge in [0.25, 0.3) is 0 Å². The standard InChI is InChI=1S/C16H13BrN2O/c17-13-5-6-14(19-9-13)15(20)16(10-18)7-11-3-1-2-4-12(11)8-16/h1-6,9,15,20H,7-8H2. The van der Waals surface area contributed by atoms with Crippen LogP contribution >= 0.6 is 15.9 Å². The van der Waals surface area contributed by atoms with Crippen molar-refractivity contribution in [2.75, 3.05) is 0 Å². The van der Waals surface area contributed by atoms with Crippen molar-refractivity contribution in [1.82, 2.24) is 4.98 Å². The van der Waals surface area contributed by atoms with Gasteiger partial charge in [-0.3, -0.25) is 4.98 Å². The molecule has 100 valence electrons. The molecule has 1 aromatic heterocycles. The lowest BCUT2D eigenvalue weighted by Crippen LogP contribution is -2.28. The number of aliphatic hydroxyl groups excluding tert-OH is 1. The predicted octanol–water partition coefficient (Wildman–Crippen LogP) is 3.19. The van der Waals surface area contributed by atoms with Gasteiger partial charge in [-0.15, -0.1) is 0 Å². The van der Waals surface area contributed by atoms with Gasteiger partial charge in [-0.05, 0) is 52.0 Å². The molecule has 1 aromatic carbocycles. The van der Waals surface area contributed by atoms with E-state index >= 15 is 0 Å². The summed E-state index contributed by atoms with van der Waals surface area (Å²) >= 11 is 3.32. The van der Waals surface area contributed by atoms with Crippen molar-refractivity contribution >= 4 is 15.9 Å². The van der Waals surface area contributed by atoms with Gasteiger partial charge in [-0.1, -0.05) is 24.3 Å². The number of aromatic nitrogens is 1. The molecule has 1 atom stereocenters. The van der Waals surface area contributed by atoms with Crippen molar-refractivity contribution in [2.24, 2.45) is 5.41 Å². The Balaban J connectivity index is 1.96. The second kappa shape index (κ2) is 5.01. The molecule has 1 heterocycles. The molecule has 0 saturated carbocycles. The summed E-state index contributed by atoms with van der Waals surface area (Å²) in [4.78, 5) is 4.23. The third-order valence-corrected chi connectivity index (χ3v) is 4.38. The number of benzene rings is 1. The SMILES string of the molecule is N#CC1(C(O)c2ccc(Br)cn2)Cc2ccccc2C1. The number of nitrogens with zero attached hydrogens (tertiary/aromatic N) is 2. The van der Waals surface area contributed by atoms with Crippen molar-refractivity contribution in [3.05, 3.63) is 63.9 Å². The topological polar surface area (TPSA) is 56.9 Å². The van der Waals surface area contributed by atoms with Crippen LogP contribution in [0, 0.1) is 16.7 Å². The fraction of sp³-hybridized carbons (Fsp3) is 0.250. The van der Waals surface area contributed by atoms with E-state index in [2.05, 4.69) is 27.0 Å². The Bertz CT molecular complexity index is 651. The van der Waals surface area contributed by atoms with Gasteiger partial charge in [0, 0.05) is 10.7 Å². The van der Waals surface area contributed by atoms with Gasteiger partial charge in [0.15, 0.2) is 0 Å². The molecule has 3 rings (SSSR count). The maximum Gasteiger partial charge on any atom is 0.115 e. The fourth-order valence-corrected chi connectivity index (χ4v) is 3.04. The van der Waals surface area contributed by atoms with E-state index in [-0.39, 0.29) is 0 Å². The highest BCUT2D eigenvalue weighted by molar-refractivity contribution is 9.10. The minimum atomic E-state index is -0.881.